The minimum absolute atomic E-state index is 0.0215. The first-order chi connectivity index (χ1) is 9.15. The lowest BCUT2D eigenvalue weighted by atomic mass is 9.46. The predicted molar refractivity (Wildman–Crippen MR) is 71.5 cm³/mol. The van der Waals surface area contributed by atoms with Gasteiger partial charge in [-0.05, 0) is 31.6 Å². The van der Waals surface area contributed by atoms with E-state index in [1.54, 1.807) is 0 Å². The normalized spacial score (nSPS) is 42.2. The standard InChI is InChI=1S/C16H24O3/c1-11(17)19-16-10-6-9-14(18)15(16)12-7-4-2-3-5-8-13(12)16/h12-13,15H,2-10H2,1H3. The third kappa shape index (κ3) is 2.02. The molecule has 0 amide bonds. The van der Waals surface area contributed by atoms with E-state index in [0.29, 0.717) is 24.0 Å². The van der Waals surface area contributed by atoms with Crippen molar-refractivity contribution in [3.05, 3.63) is 0 Å². The molecule has 0 bridgehead atoms. The van der Waals surface area contributed by atoms with Gasteiger partial charge < -0.3 is 4.74 Å². The Morgan fingerprint density at radius 1 is 1.16 bits per heavy atom. The highest BCUT2D eigenvalue weighted by Crippen LogP contribution is 2.61. The monoisotopic (exact) mass is 264 g/mol. The molecule has 3 saturated carbocycles. The van der Waals surface area contributed by atoms with E-state index in [2.05, 4.69) is 0 Å². The molecule has 3 aliphatic rings. The quantitative estimate of drug-likeness (QED) is 0.683. The predicted octanol–water partition coefficient (Wildman–Crippen LogP) is 3.26. The molecule has 0 spiro atoms. The average Bonchev–Trinajstić information content (AvgIpc) is 2.30. The largest absolute Gasteiger partial charge is 0.458 e. The average molecular weight is 264 g/mol. The zero-order valence-electron chi connectivity index (χ0n) is 11.8. The van der Waals surface area contributed by atoms with Crippen LogP contribution in [0, 0.1) is 17.8 Å². The first-order valence-corrected chi connectivity index (χ1v) is 7.87. The van der Waals surface area contributed by atoms with Gasteiger partial charge >= 0.3 is 5.97 Å². The summed E-state index contributed by atoms with van der Waals surface area (Å²) >= 11 is 0. The van der Waals surface area contributed by atoms with Crippen molar-refractivity contribution in [3.63, 3.8) is 0 Å². The molecule has 3 fully saturated rings. The molecule has 0 N–H and O–H groups in total. The van der Waals surface area contributed by atoms with Crippen molar-refractivity contribution in [2.75, 3.05) is 0 Å². The molecule has 19 heavy (non-hydrogen) atoms. The van der Waals surface area contributed by atoms with Gasteiger partial charge in [-0.2, -0.15) is 0 Å². The Morgan fingerprint density at radius 3 is 2.63 bits per heavy atom. The van der Waals surface area contributed by atoms with E-state index >= 15 is 0 Å². The van der Waals surface area contributed by atoms with Gasteiger partial charge in [-0.3, -0.25) is 9.59 Å². The van der Waals surface area contributed by atoms with Gasteiger partial charge in [-0.15, -0.1) is 0 Å². The lowest BCUT2D eigenvalue weighted by Crippen LogP contribution is -2.68. The van der Waals surface area contributed by atoms with Gasteiger partial charge in [0.25, 0.3) is 0 Å². The van der Waals surface area contributed by atoms with E-state index in [-0.39, 0.29) is 11.9 Å². The molecule has 3 nitrogen and oxygen atoms in total. The van der Waals surface area contributed by atoms with E-state index in [4.69, 9.17) is 4.74 Å². The molecule has 0 aromatic heterocycles. The van der Waals surface area contributed by atoms with Crippen LogP contribution in [0.2, 0.25) is 0 Å². The first-order valence-electron chi connectivity index (χ1n) is 7.87. The third-order valence-electron chi connectivity index (χ3n) is 5.57. The molecule has 0 radical (unpaired) electrons. The van der Waals surface area contributed by atoms with Gasteiger partial charge in [0.1, 0.15) is 11.4 Å². The minimum atomic E-state index is -0.414. The molecule has 0 saturated heterocycles. The molecule has 0 aromatic rings. The Labute approximate surface area is 115 Å². The van der Waals surface area contributed by atoms with Crippen LogP contribution < -0.4 is 0 Å². The highest BCUT2D eigenvalue weighted by Gasteiger charge is 2.66. The highest BCUT2D eigenvalue weighted by atomic mass is 16.6. The molecule has 3 heteroatoms. The number of ether oxygens (including phenoxy) is 1. The fraction of sp³-hybridized carbons (Fsp3) is 0.875. The molecule has 3 aliphatic carbocycles. The maximum Gasteiger partial charge on any atom is 0.303 e. The maximum atomic E-state index is 12.3. The van der Waals surface area contributed by atoms with Crippen molar-refractivity contribution in [2.24, 2.45) is 17.8 Å². The zero-order chi connectivity index (χ0) is 13.5. The van der Waals surface area contributed by atoms with Gasteiger partial charge in [0.15, 0.2) is 0 Å². The van der Waals surface area contributed by atoms with Gasteiger partial charge in [0, 0.05) is 19.3 Å². The van der Waals surface area contributed by atoms with Crippen LogP contribution >= 0.6 is 0 Å². The Hall–Kier alpha value is -0.860. The van der Waals surface area contributed by atoms with Crippen molar-refractivity contribution in [3.8, 4) is 0 Å². The summed E-state index contributed by atoms with van der Waals surface area (Å²) in [5, 5.41) is 0. The molecule has 0 aliphatic heterocycles. The molecule has 4 atom stereocenters. The van der Waals surface area contributed by atoms with Crippen LogP contribution in [0.25, 0.3) is 0 Å². The molecule has 3 rings (SSSR count). The second kappa shape index (κ2) is 4.92. The van der Waals surface area contributed by atoms with Crippen molar-refractivity contribution in [1.82, 2.24) is 0 Å². The minimum Gasteiger partial charge on any atom is -0.458 e. The molecule has 4 unspecified atom stereocenters. The number of carbonyl (C=O) groups excluding carboxylic acids is 2. The number of ketones is 1. The summed E-state index contributed by atoms with van der Waals surface area (Å²) in [5.41, 5.74) is -0.414. The van der Waals surface area contributed by atoms with Gasteiger partial charge in [0.2, 0.25) is 0 Å². The van der Waals surface area contributed by atoms with E-state index in [1.165, 1.54) is 32.6 Å². The second-order valence-electron chi connectivity index (χ2n) is 6.61. The van der Waals surface area contributed by atoms with Crippen molar-refractivity contribution in [2.45, 2.75) is 70.3 Å². The molecule has 0 heterocycles. The SMILES string of the molecule is CC(=O)OC12CCCC(=O)C1C1CCCCCCC12. The second-order valence-corrected chi connectivity index (χ2v) is 6.61. The molecular weight excluding hydrogens is 240 g/mol. The number of fused-ring (bicyclic) bond motifs is 4. The maximum absolute atomic E-state index is 12.3. The summed E-state index contributed by atoms with van der Waals surface area (Å²) in [5.74, 6) is 1.11. The number of hydrogen-bond acceptors (Lipinski definition) is 3. The molecule has 106 valence electrons. The summed E-state index contributed by atoms with van der Waals surface area (Å²) in [6.07, 6.45) is 9.84. The zero-order valence-corrected chi connectivity index (χ0v) is 11.8. The molecular formula is C16H24O3. The Balaban J connectivity index is 1.87. The Morgan fingerprint density at radius 2 is 1.89 bits per heavy atom. The van der Waals surface area contributed by atoms with Crippen LogP contribution in [-0.2, 0) is 14.3 Å². The van der Waals surface area contributed by atoms with Crippen LogP contribution in [0.15, 0.2) is 0 Å². The Kier molecular flexibility index (Phi) is 3.40. The van der Waals surface area contributed by atoms with Crippen molar-refractivity contribution >= 4 is 11.8 Å². The van der Waals surface area contributed by atoms with E-state index in [0.717, 1.165) is 25.7 Å². The number of hydrogen-bond donors (Lipinski definition) is 0. The van der Waals surface area contributed by atoms with Gasteiger partial charge in [-0.25, -0.2) is 0 Å². The lowest BCUT2D eigenvalue weighted by Gasteiger charge is -2.62. The van der Waals surface area contributed by atoms with Crippen molar-refractivity contribution in [1.29, 1.82) is 0 Å². The summed E-state index contributed by atoms with van der Waals surface area (Å²) in [7, 11) is 0. The highest BCUT2D eigenvalue weighted by molar-refractivity contribution is 5.85. The number of esters is 1. The van der Waals surface area contributed by atoms with Crippen LogP contribution in [0.3, 0.4) is 0 Å². The van der Waals surface area contributed by atoms with Crippen molar-refractivity contribution < 1.29 is 14.3 Å². The van der Waals surface area contributed by atoms with E-state index in [9.17, 15) is 9.59 Å². The summed E-state index contributed by atoms with van der Waals surface area (Å²) < 4.78 is 5.75. The summed E-state index contributed by atoms with van der Waals surface area (Å²) in [6.45, 7) is 1.49. The fourth-order valence-corrected chi connectivity index (χ4v) is 5.00. The smallest absolute Gasteiger partial charge is 0.303 e. The topological polar surface area (TPSA) is 43.4 Å². The van der Waals surface area contributed by atoms with Crippen LogP contribution in [0.5, 0.6) is 0 Å². The fourth-order valence-electron chi connectivity index (χ4n) is 5.00. The van der Waals surface area contributed by atoms with Gasteiger partial charge in [-0.1, -0.05) is 25.7 Å². The Bertz CT molecular complexity index is 389. The summed E-state index contributed by atoms with van der Waals surface area (Å²) in [6, 6.07) is 0. The third-order valence-corrected chi connectivity index (χ3v) is 5.57. The van der Waals surface area contributed by atoms with Crippen LogP contribution in [0.1, 0.15) is 64.7 Å². The van der Waals surface area contributed by atoms with Gasteiger partial charge in [0.05, 0.1) is 5.92 Å². The van der Waals surface area contributed by atoms with E-state index < -0.39 is 5.60 Å². The lowest BCUT2D eigenvalue weighted by molar-refractivity contribution is -0.235. The van der Waals surface area contributed by atoms with Crippen LogP contribution in [-0.4, -0.2) is 17.4 Å². The molecule has 0 aromatic carbocycles. The first kappa shape index (κ1) is 13.1. The number of Topliss-reactive ketones (excluding diaryl/α,β-unsaturated/α-hetero) is 1. The number of rotatable bonds is 1. The van der Waals surface area contributed by atoms with E-state index in [1.807, 2.05) is 0 Å². The summed E-state index contributed by atoms with van der Waals surface area (Å²) in [4.78, 5) is 23.8. The number of carbonyl (C=O) groups is 2. The van der Waals surface area contributed by atoms with Crippen LogP contribution in [0.4, 0.5) is 0 Å².